The van der Waals surface area contributed by atoms with Crippen molar-refractivity contribution in [2.24, 2.45) is 0 Å². The highest BCUT2D eigenvalue weighted by Gasteiger charge is 2.29. The quantitative estimate of drug-likeness (QED) is 0.582. The molecule has 0 aliphatic carbocycles. The zero-order chi connectivity index (χ0) is 12.3. The van der Waals surface area contributed by atoms with E-state index in [-0.39, 0.29) is 0 Å². The molecule has 1 heterocycles. The van der Waals surface area contributed by atoms with E-state index in [1.165, 1.54) is 6.07 Å². The van der Waals surface area contributed by atoms with Crippen LogP contribution < -0.4 is 4.74 Å². The van der Waals surface area contributed by atoms with Gasteiger partial charge < -0.3 is 4.74 Å². The minimum absolute atomic E-state index is 0.467. The molecule has 0 bridgehead atoms. The fraction of sp³-hybridized carbons (Fsp3) is 0.250. The number of nitrogens with zero attached hydrogens (tertiary/aromatic N) is 3. The largest absolute Gasteiger partial charge is 0.476 e. The van der Waals surface area contributed by atoms with Gasteiger partial charge in [-0.1, -0.05) is 0 Å². The van der Waals surface area contributed by atoms with Crippen molar-refractivity contribution >= 4 is 5.69 Å². The van der Waals surface area contributed by atoms with Crippen LogP contribution in [0.3, 0.4) is 0 Å². The summed E-state index contributed by atoms with van der Waals surface area (Å²) >= 11 is 0. The van der Waals surface area contributed by atoms with Crippen molar-refractivity contribution in [3.8, 4) is 11.9 Å². The normalized spacial score (nSPS) is 9.94. The first kappa shape index (κ1) is 11.8. The maximum absolute atomic E-state index is 12.4. The zero-order valence-corrected chi connectivity index (χ0v) is 7.98. The van der Waals surface area contributed by atoms with E-state index in [1.54, 1.807) is 0 Å². The highest BCUT2D eigenvalue weighted by Crippen LogP contribution is 2.34. The monoisotopic (exact) mass is 229 g/mol. The first-order chi connectivity index (χ1) is 7.52. The van der Waals surface area contributed by atoms with E-state index in [0.717, 1.165) is 7.11 Å². The van der Waals surface area contributed by atoms with E-state index < -0.39 is 34.0 Å². The lowest BCUT2D eigenvalue weighted by Gasteiger charge is -2.05. The topological polar surface area (TPSA) is 89.0 Å². The van der Waals surface area contributed by atoms with Gasteiger partial charge in [-0.2, -0.15) is 5.26 Å². The first-order valence-electron chi connectivity index (χ1n) is 3.92. The SMILES string of the molecule is COc1ncc(C(F)F)c(C#N)c1[N+](=O)[O-]. The Balaban J connectivity index is 3.58. The number of methoxy groups -OCH3 is 1. The summed E-state index contributed by atoms with van der Waals surface area (Å²) < 4.78 is 29.4. The molecule has 8 heteroatoms. The summed E-state index contributed by atoms with van der Waals surface area (Å²) in [6, 6.07) is 1.36. The number of pyridine rings is 1. The van der Waals surface area contributed by atoms with Crippen LogP contribution in [0.4, 0.5) is 14.5 Å². The fourth-order valence-corrected chi connectivity index (χ4v) is 1.10. The molecule has 6 nitrogen and oxygen atoms in total. The summed E-state index contributed by atoms with van der Waals surface area (Å²) in [6.45, 7) is 0. The molecule has 0 fully saturated rings. The molecular formula is C8H5F2N3O3. The van der Waals surface area contributed by atoms with Gasteiger partial charge in [0.2, 0.25) is 0 Å². The summed E-state index contributed by atoms with van der Waals surface area (Å²) in [5.74, 6) is -0.467. The number of rotatable bonds is 3. The van der Waals surface area contributed by atoms with E-state index >= 15 is 0 Å². The summed E-state index contributed by atoms with van der Waals surface area (Å²) in [6.07, 6.45) is -2.32. The van der Waals surface area contributed by atoms with Gasteiger partial charge in [0.15, 0.2) is 0 Å². The van der Waals surface area contributed by atoms with Gasteiger partial charge >= 0.3 is 5.69 Å². The van der Waals surface area contributed by atoms with Gasteiger partial charge in [0.1, 0.15) is 11.6 Å². The van der Waals surface area contributed by atoms with Gasteiger partial charge in [-0.15, -0.1) is 0 Å². The molecule has 0 spiro atoms. The molecule has 0 aromatic carbocycles. The minimum atomic E-state index is -3.01. The summed E-state index contributed by atoms with van der Waals surface area (Å²) in [7, 11) is 1.10. The number of halogens is 2. The second-order valence-electron chi connectivity index (χ2n) is 2.62. The lowest BCUT2D eigenvalue weighted by atomic mass is 10.1. The van der Waals surface area contributed by atoms with Crippen molar-refractivity contribution < 1.29 is 18.4 Å². The van der Waals surface area contributed by atoms with Crippen molar-refractivity contribution in [1.29, 1.82) is 5.26 Å². The third-order valence-corrected chi connectivity index (χ3v) is 1.77. The first-order valence-corrected chi connectivity index (χ1v) is 3.92. The Morgan fingerprint density at radius 1 is 1.69 bits per heavy atom. The lowest BCUT2D eigenvalue weighted by molar-refractivity contribution is -0.386. The van der Waals surface area contributed by atoms with Crippen LogP contribution >= 0.6 is 0 Å². The number of aromatic nitrogens is 1. The summed E-state index contributed by atoms with van der Waals surface area (Å²) in [4.78, 5) is 13.0. The predicted octanol–water partition coefficient (Wildman–Crippen LogP) is 1.81. The van der Waals surface area contributed by atoms with E-state index in [0.29, 0.717) is 6.20 Å². The third kappa shape index (κ3) is 1.88. The van der Waals surface area contributed by atoms with Gasteiger partial charge in [-0.3, -0.25) is 10.1 Å². The Morgan fingerprint density at radius 2 is 2.31 bits per heavy atom. The standard InChI is InChI=1S/C8H5F2N3O3/c1-16-8-6(13(14)15)4(2-11)5(3-12-8)7(9)10/h3,7H,1H3. The molecule has 84 valence electrons. The Bertz CT molecular complexity index is 470. The second kappa shape index (κ2) is 4.48. The molecular weight excluding hydrogens is 224 g/mol. The van der Waals surface area contributed by atoms with Gasteiger partial charge in [0, 0.05) is 6.20 Å². The van der Waals surface area contributed by atoms with Crippen LogP contribution in [0.15, 0.2) is 6.20 Å². The molecule has 0 radical (unpaired) electrons. The molecule has 1 aromatic heterocycles. The predicted molar refractivity (Wildman–Crippen MR) is 47.1 cm³/mol. The zero-order valence-electron chi connectivity index (χ0n) is 7.98. The van der Waals surface area contributed by atoms with Gasteiger partial charge in [-0.05, 0) is 0 Å². The molecule has 16 heavy (non-hydrogen) atoms. The van der Waals surface area contributed by atoms with Crippen molar-refractivity contribution in [2.75, 3.05) is 7.11 Å². The number of hydrogen-bond donors (Lipinski definition) is 0. The van der Waals surface area contributed by atoms with Crippen LogP contribution in [0.2, 0.25) is 0 Å². The van der Waals surface area contributed by atoms with E-state index in [4.69, 9.17) is 5.26 Å². The fourth-order valence-electron chi connectivity index (χ4n) is 1.10. The van der Waals surface area contributed by atoms with Crippen molar-refractivity contribution in [1.82, 2.24) is 4.98 Å². The lowest BCUT2D eigenvalue weighted by Crippen LogP contribution is -2.03. The number of hydrogen-bond acceptors (Lipinski definition) is 5. The van der Waals surface area contributed by atoms with Gasteiger partial charge in [0.25, 0.3) is 12.3 Å². The number of nitriles is 1. The van der Waals surface area contributed by atoms with Crippen LogP contribution in [0.5, 0.6) is 5.88 Å². The van der Waals surface area contributed by atoms with Crippen LogP contribution in [0, 0.1) is 21.4 Å². The van der Waals surface area contributed by atoms with E-state index in [9.17, 15) is 18.9 Å². The van der Waals surface area contributed by atoms with Crippen molar-refractivity contribution in [3.63, 3.8) is 0 Å². The average molecular weight is 229 g/mol. The highest BCUT2D eigenvalue weighted by atomic mass is 19.3. The van der Waals surface area contributed by atoms with Crippen LogP contribution in [0.1, 0.15) is 17.6 Å². The number of ether oxygens (including phenoxy) is 1. The second-order valence-corrected chi connectivity index (χ2v) is 2.62. The maximum atomic E-state index is 12.4. The molecule has 0 amide bonds. The molecule has 0 unspecified atom stereocenters. The number of nitro groups is 1. The van der Waals surface area contributed by atoms with Gasteiger partial charge in [-0.25, -0.2) is 13.8 Å². The molecule has 0 atom stereocenters. The number of alkyl halides is 2. The van der Waals surface area contributed by atoms with Crippen LogP contribution in [-0.2, 0) is 0 Å². The van der Waals surface area contributed by atoms with Gasteiger partial charge in [0.05, 0.1) is 17.6 Å². The average Bonchev–Trinajstić information content (AvgIpc) is 2.26. The third-order valence-electron chi connectivity index (χ3n) is 1.77. The molecule has 1 rings (SSSR count). The van der Waals surface area contributed by atoms with Crippen LogP contribution in [0.25, 0.3) is 0 Å². The van der Waals surface area contributed by atoms with E-state index in [2.05, 4.69) is 9.72 Å². The Hall–Kier alpha value is -2.30. The highest BCUT2D eigenvalue weighted by molar-refractivity contribution is 5.58. The van der Waals surface area contributed by atoms with Crippen LogP contribution in [-0.4, -0.2) is 17.0 Å². The van der Waals surface area contributed by atoms with E-state index in [1.807, 2.05) is 0 Å². The molecule has 0 saturated heterocycles. The molecule has 0 aliphatic heterocycles. The molecule has 0 saturated carbocycles. The Labute approximate surface area is 88.2 Å². The Morgan fingerprint density at radius 3 is 2.69 bits per heavy atom. The molecule has 0 N–H and O–H groups in total. The summed E-state index contributed by atoms with van der Waals surface area (Å²) in [5.41, 5.74) is -2.36. The maximum Gasteiger partial charge on any atom is 0.349 e. The molecule has 0 aliphatic rings. The smallest absolute Gasteiger partial charge is 0.349 e. The minimum Gasteiger partial charge on any atom is -0.476 e. The Kier molecular flexibility index (Phi) is 3.30. The van der Waals surface area contributed by atoms with Crippen molar-refractivity contribution in [3.05, 3.63) is 27.4 Å². The van der Waals surface area contributed by atoms with Crippen molar-refractivity contribution in [2.45, 2.75) is 6.43 Å². The molecule has 1 aromatic rings. The summed E-state index contributed by atoms with van der Waals surface area (Å²) in [5, 5.41) is 19.3.